The summed E-state index contributed by atoms with van der Waals surface area (Å²) in [6.07, 6.45) is 0. The third-order valence-electron chi connectivity index (χ3n) is 3.13. The number of carbonyl (C=O) groups is 1. The maximum atomic E-state index is 13.1. The summed E-state index contributed by atoms with van der Waals surface area (Å²) >= 11 is 5.68. The SMILES string of the molecule is O=C(Nc1ccc(F)c(Cl)c1)c1cccc2c1CNS2=O. The molecule has 3 rings (SSSR count). The van der Waals surface area contributed by atoms with Crippen LogP contribution in [0, 0.1) is 5.82 Å². The molecule has 0 aromatic heterocycles. The van der Waals surface area contributed by atoms with Gasteiger partial charge in [0.25, 0.3) is 5.91 Å². The fourth-order valence-electron chi connectivity index (χ4n) is 2.12. The zero-order valence-corrected chi connectivity index (χ0v) is 12.2. The molecule has 1 atom stereocenters. The van der Waals surface area contributed by atoms with E-state index in [4.69, 9.17) is 11.6 Å². The molecule has 2 N–H and O–H groups in total. The maximum Gasteiger partial charge on any atom is 0.256 e. The number of rotatable bonds is 2. The fourth-order valence-corrected chi connectivity index (χ4v) is 3.34. The van der Waals surface area contributed by atoms with Crippen molar-refractivity contribution in [2.75, 3.05) is 5.32 Å². The lowest BCUT2D eigenvalue weighted by Gasteiger charge is -2.09. The Labute approximate surface area is 127 Å². The molecule has 21 heavy (non-hydrogen) atoms. The number of fused-ring (bicyclic) bond motifs is 1. The van der Waals surface area contributed by atoms with E-state index in [1.54, 1.807) is 18.2 Å². The molecule has 7 heteroatoms. The number of nitrogens with one attached hydrogen (secondary N) is 2. The summed E-state index contributed by atoms with van der Waals surface area (Å²) in [4.78, 5) is 12.9. The molecule has 1 heterocycles. The molecule has 108 valence electrons. The Kier molecular flexibility index (Phi) is 3.75. The Morgan fingerprint density at radius 1 is 1.33 bits per heavy atom. The molecule has 0 saturated heterocycles. The number of hydrogen-bond donors (Lipinski definition) is 2. The largest absolute Gasteiger partial charge is 0.322 e. The van der Waals surface area contributed by atoms with Crippen molar-refractivity contribution in [1.82, 2.24) is 4.72 Å². The van der Waals surface area contributed by atoms with Crippen LogP contribution in [0.15, 0.2) is 41.3 Å². The van der Waals surface area contributed by atoms with Crippen LogP contribution < -0.4 is 10.0 Å². The van der Waals surface area contributed by atoms with Crippen molar-refractivity contribution in [3.63, 3.8) is 0 Å². The normalized spacial score (nSPS) is 16.6. The van der Waals surface area contributed by atoms with Gasteiger partial charge in [-0.15, -0.1) is 0 Å². The molecule has 2 aromatic rings. The molecule has 1 unspecified atom stereocenters. The van der Waals surface area contributed by atoms with Gasteiger partial charge in [-0.3, -0.25) is 4.79 Å². The Morgan fingerprint density at radius 2 is 2.14 bits per heavy atom. The summed E-state index contributed by atoms with van der Waals surface area (Å²) in [6.45, 7) is 0.371. The fraction of sp³-hybridized carbons (Fsp3) is 0.0714. The summed E-state index contributed by atoms with van der Waals surface area (Å²) < 4.78 is 27.6. The van der Waals surface area contributed by atoms with Gasteiger partial charge in [0.2, 0.25) is 0 Å². The first kappa shape index (κ1) is 14.2. The number of halogens is 2. The van der Waals surface area contributed by atoms with Crippen LogP contribution >= 0.6 is 11.6 Å². The number of hydrogen-bond acceptors (Lipinski definition) is 2. The van der Waals surface area contributed by atoms with E-state index in [1.165, 1.54) is 18.2 Å². The molecule has 1 amide bonds. The van der Waals surface area contributed by atoms with Crippen LogP contribution in [0.1, 0.15) is 15.9 Å². The van der Waals surface area contributed by atoms with Crippen molar-refractivity contribution in [2.45, 2.75) is 11.4 Å². The van der Waals surface area contributed by atoms with Gasteiger partial charge in [0.05, 0.1) is 9.92 Å². The minimum atomic E-state index is -1.28. The molecule has 0 saturated carbocycles. The lowest BCUT2D eigenvalue weighted by atomic mass is 10.1. The van der Waals surface area contributed by atoms with Crippen LogP contribution in [0.25, 0.3) is 0 Å². The summed E-state index contributed by atoms with van der Waals surface area (Å²) in [7, 11) is -1.28. The van der Waals surface area contributed by atoms with Gasteiger partial charge in [0.15, 0.2) is 0 Å². The van der Waals surface area contributed by atoms with Crippen molar-refractivity contribution < 1.29 is 13.4 Å². The van der Waals surface area contributed by atoms with Crippen LogP contribution in [0.5, 0.6) is 0 Å². The first-order chi connectivity index (χ1) is 10.1. The lowest BCUT2D eigenvalue weighted by Crippen LogP contribution is -2.14. The Hall–Kier alpha value is -1.76. The van der Waals surface area contributed by atoms with E-state index in [0.29, 0.717) is 28.3 Å². The first-order valence-electron chi connectivity index (χ1n) is 6.10. The number of carbonyl (C=O) groups excluding carboxylic acids is 1. The second kappa shape index (κ2) is 5.55. The number of amides is 1. The average Bonchev–Trinajstić information content (AvgIpc) is 2.85. The zero-order valence-electron chi connectivity index (χ0n) is 10.7. The van der Waals surface area contributed by atoms with Gasteiger partial charge in [-0.2, -0.15) is 0 Å². The summed E-state index contributed by atoms with van der Waals surface area (Å²) in [6, 6.07) is 9.01. The highest BCUT2D eigenvalue weighted by atomic mass is 35.5. The van der Waals surface area contributed by atoms with Gasteiger partial charge in [-0.05, 0) is 35.9 Å². The molecule has 4 nitrogen and oxygen atoms in total. The smallest absolute Gasteiger partial charge is 0.256 e. The van der Waals surface area contributed by atoms with Gasteiger partial charge in [0, 0.05) is 17.8 Å². The van der Waals surface area contributed by atoms with Crippen molar-refractivity contribution >= 4 is 34.2 Å². The third-order valence-corrected chi connectivity index (χ3v) is 4.61. The van der Waals surface area contributed by atoms with Gasteiger partial charge >= 0.3 is 0 Å². The van der Waals surface area contributed by atoms with E-state index < -0.39 is 16.8 Å². The molecule has 2 aromatic carbocycles. The highest BCUT2D eigenvalue weighted by Gasteiger charge is 2.23. The second-order valence-corrected chi connectivity index (χ2v) is 6.13. The number of benzene rings is 2. The van der Waals surface area contributed by atoms with Crippen LogP contribution in [0.4, 0.5) is 10.1 Å². The minimum absolute atomic E-state index is 0.0612. The van der Waals surface area contributed by atoms with Crippen molar-refractivity contribution in [3.8, 4) is 0 Å². The molecular weight excluding hydrogens is 315 g/mol. The first-order valence-corrected chi connectivity index (χ1v) is 7.62. The van der Waals surface area contributed by atoms with Gasteiger partial charge in [0.1, 0.15) is 16.8 Å². The molecule has 1 aliphatic heterocycles. The summed E-state index contributed by atoms with van der Waals surface area (Å²) in [5.74, 6) is -0.898. The van der Waals surface area contributed by atoms with Crippen molar-refractivity contribution in [3.05, 3.63) is 58.4 Å². The molecule has 0 radical (unpaired) electrons. The Bertz CT molecular complexity index is 767. The Morgan fingerprint density at radius 3 is 2.90 bits per heavy atom. The topological polar surface area (TPSA) is 58.2 Å². The van der Waals surface area contributed by atoms with Gasteiger partial charge in [-0.25, -0.2) is 13.3 Å². The van der Waals surface area contributed by atoms with Crippen LogP contribution in [0.2, 0.25) is 5.02 Å². The average molecular weight is 325 g/mol. The molecule has 0 spiro atoms. The second-order valence-electron chi connectivity index (χ2n) is 4.46. The van der Waals surface area contributed by atoms with Crippen LogP contribution in [-0.4, -0.2) is 10.1 Å². The van der Waals surface area contributed by atoms with Crippen molar-refractivity contribution in [1.29, 1.82) is 0 Å². The predicted octanol–water partition coefficient (Wildman–Crippen LogP) is 2.86. The van der Waals surface area contributed by atoms with Crippen molar-refractivity contribution in [2.24, 2.45) is 0 Å². The van der Waals surface area contributed by atoms with E-state index in [-0.39, 0.29) is 10.9 Å². The van der Waals surface area contributed by atoms with E-state index in [1.807, 2.05) is 0 Å². The van der Waals surface area contributed by atoms with E-state index in [9.17, 15) is 13.4 Å². The predicted molar refractivity (Wildman–Crippen MR) is 79.1 cm³/mol. The van der Waals surface area contributed by atoms with Gasteiger partial charge in [-0.1, -0.05) is 17.7 Å². The Balaban J connectivity index is 1.90. The zero-order chi connectivity index (χ0) is 15.0. The van der Waals surface area contributed by atoms with E-state index >= 15 is 0 Å². The number of anilines is 1. The molecule has 0 bridgehead atoms. The molecule has 0 aliphatic carbocycles. The standard InChI is InChI=1S/C14H10ClFN2O2S/c15-11-6-8(4-5-12(11)16)18-14(19)9-2-1-3-13-10(9)7-17-21(13)20/h1-6,17H,7H2,(H,18,19). The van der Waals surface area contributed by atoms with Gasteiger partial charge < -0.3 is 5.32 Å². The van der Waals surface area contributed by atoms with Crippen LogP contribution in [0.3, 0.4) is 0 Å². The maximum absolute atomic E-state index is 13.1. The monoisotopic (exact) mass is 324 g/mol. The highest BCUT2D eigenvalue weighted by molar-refractivity contribution is 7.83. The van der Waals surface area contributed by atoms with E-state index in [0.717, 1.165) is 0 Å². The molecular formula is C14H10ClFN2O2S. The highest BCUT2D eigenvalue weighted by Crippen LogP contribution is 2.25. The summed E-state index contributed by atoms with van der Waals surface area (Å²) in [5.41, 5.74) is 1.55. The molecule has 1 aliphatic rings. The molecule has 0 fully saturated rings. The third kappa shape index (κ3) is 2.70. The van der Waals surface area contributed by atoms with E-state index in [2.05, 4.69) is 10.0 Å². The lowest BCUT2D eigenvalue weighted by molar-refractivity contribution is 0.102. The summed E-state index contributed by atoms with van der Waals surface area (Å²) in [5, 5.41) is 2.59. The quantitative estimate of drug-likeness (QED) is 0.892. The minimum Gasteiger partial charge on any atom is -0.322 e. The van der Waals surface area contributed by atoms with Crippen LogP contribution in [-0.2, 0) is 17.5 Å².